The molecule has 0 bridgehead atoms. The fourth-order valence-corrected chi connectivity index (χ4v) is 2.43. The highest BCUT2D eigenvalue weighted by molar-refractivity contribution is 6.14. The Hall–Kier alpha value is -2.45. The minimum atomic E-state index is 0.140. The Bertz CT molecular complexity index is 625. The van der Waals surface area contributed by atoms with Gasteiger partial charge in [-0.05, 0) is 23.3 Å². The molecular formula is C19H17NO. The first kappa shape index (κ1) is 13.5. The summed E-state index contributed by atoms with van der Waals surface area (Å²) in [4.78, 5) is 12.6. The molecule has 0 atom stereocenters. The Balaban J connectivity index is 1.88. The van der Waals surface area contributed by atoms with Gasteiger partial charge in [-0.25, -0.2) is 0 Å². The SMILES string of the molecule is O=C1/C(=C\c2ccccc2)CNC/C1=C/c1ccccc1. The van der Waals surface area contributed by atoms with Gasteiger partial charge in [-0.3, -0.25) is 4.79 Å². The van der Waals surface area contributed by atoms with Crippen molar-refractivity contribution in [2.45, 2.75) is 0 Å². The summed E-state index contributed by atoms with van der Waals surface area (Å²) < 4.78 is 0. The smallest absolute Gasteiger partial charge is 0.187 e. The van der Waals surface area contributed by atoms with Gasteiger partial charge in [0.05, 0.1) is 0 Å². The van der Waals surface area contributed by atoms with Crippen LogP contribution in [0.4, 0.5) is 0 Å². The highest BCUT2D eigenvalue weighted by atomic mass is 16.1. The number of rotatable bonds is 2. The molecule has 1 fully saturated rings. The molecule has 0 unspecified atom stereocenters. The van der Waals surface area contributed by atoms with Crippen LogP contribution in [0.15, 0.2) is 71.8 Å². The number of hydrogen-bond donors (Lipinski definition) is 1. The second-order valence-electron chi connectivity index (χ2n) is 5.09. The Kier molecular flexibility index (Phi) is 4.08. The Morgan fingerprint density at radius 2 is 1.14 bits per heavy atom. The lowest BCUT2D eigenvalue weighted by Gasteiger charge is -2.18. The second kappa shape index (κ2) is 6.33. The van der Waals surface area contributed by atoms with Crippen LogP contribution in [0.2, 0.25) is 0 Å². The van der Waals surface area contributed by atoms with E-state index in [9.17, 15) is 4.79 Å². The predicted octanol–water partition coefficient (Wildman–Crippen LogP) is 3.33. The number of piperidine rings is 1. The number of nitrogens with one attached hydrogen (secondary N) is 1. The zero-order chi connectivity index (χ0) is 14.5. The summed E-state index contributed by atoms with van der Waals surface area (Å²) in [6.45, 7) is 1.25. The molecule has 21 heavy (non-hydrogen) atoms. The van der Waals surface area contributed by atoms with Gasteiger partial charge in [-0.15, -0.1) is 0 Å². The normalized spacial score (nSPS) is 19.1. The van der Waals surface area contributed by atoms with Gasteiger partial charge in [0.1, 0.15) is 0 Å². The maximum Gasteiger partial charge on any atom is 0.187 e. The molecule has 3 rings (SSSR count). The van der Waals surface area contributed by atoms with Gasteiger partial charge >= 0.3 is 0 Å². The van der Waals surface area contributed by atoms with Gasteiger partial charge < -0.3 is 5.32 Å². The van der Waals surface area contributed by atoms with Gasteiger partial charge in [0.25, 0.3) is 0 Å². The van der Waals surface area contributed by atoms with E-state index < -0.39 is 0 Å². The fourth-order valence-electron chi connectivity index (χ4n) is 2.43. The van der Waals surface area contributed by atoms with Crippen molar-refractivity contribution >= 4 is 17.9 Å². The third-order valence-electron chi connectivity index (χ3n) is 3.50. The molecule has 0 spiro atoms. The lowest BCUT2D eigenvalue weighted by molar-refractivity contribution is -0.112. The van der Waals surface area contributed by atoms with Gasteiger partial charge in [0, 0.05) is 24.2 Å². The maximum atomic E-state index is 12.6. The third kappa shape index (κ3) is 3.36. The summed E-state index contributed by atoms with van der Waals surface area (Å²) >= 11 is 0. The van der Waals surface area contributed by atoms with Crippen LogP contribution >= 0.6 is 0 Å². The molecule has 0 saturated carbocycles. The topological polar surface area (TPSA) is 29.1 Å². The van der Waals surface area contributed by atoms with Gasteiger partial charge in [0.2, 0.25) is 0 Å². The van der Waals surface area contributed by atoms with Crippen LogP contribution in [0.5, 0.6) is 0 Å². The average Bonchev–Trinajstić information content (AvgIpc) is 2.53. The number of hydrogen-bond acceptors (Lipinski definition) is 2. The van der Waals surface area contributed by atoms with Crippen molar-refractivity contribution < 1.29 is 4.79 Å². The van der Waals surface area contributed by atoms with Gasteiger partial charge in [-0.2, -0.15) is 0 Å². The minimum Gasteiger partial charge on any atom is -0.308 e. The molecule has 2 heteroatoms. The molecule has 104 valence electrons. The molecule has 2 aromatic rings. The number of ketones is 1. The fraction of sp³-hybridized carbons (Fsp3) is 0.105. The summed E-state index contributed by atoms with van der Waals surface area (Å²) in [5.41, 5.74) is 3.75. The van der Waals surface area contributed by atoms with E-state index in [1.165, 1.54) is 0 Å². The van der Waals surface area contributed by atoms with E-state index >= 15 is 0 Å². The largest absolute Gasteiger partial charge is 0.308 e. The first-order valence-corrected chi connectivity index (χ1v) is 7.09. The Labute approximate surface area is 124 Å². The van der Waals surface area contributed by atoms with Crippen molar-refractivity contribution in [1.29, 1.82) is 0 Å². The van der Waals surface area contributed by atoms with Crippen LogP contribution in [0.25, 0.3) is 12.2 Å². The monoisotopic (exact) mass is 275 g/mol. The first-order chi connectivity index (χ1) is 10.3. The summed E-state index contributed by atoms with van der Waals surface area (Å²) in [6.07, 6.45) is 3.93. The van der Waals surface area contributed by atoms with E-state index in [1.807, 2.05) is 72.8 Å². The standard InChI is InChI=1S/C19H17NO/c21-19-17(11-15-7-3-1-4-8-15)13-20-14-18(19)12-16-9-5-2-6-10-16/h1-12,20H,13-14H2/b17-11-,18-12-. The quantitative estimate of drug-likeness (QED) is 0.852. The molecule has 0 radical (unpaired) electrons. The van der Waals surface area contributed by atoms with Crippen molar-refractivity contribution in [1.82, 2.24) is 5.32 Å². The molecular weight excluding hydrogens is 258 g/mol. The summed E-state index contributed by atoms with van der Waals surface area (Å²) in [5.74, 6) is 0.140. The Morgan fingerprint density at radius 3 is 1.57 bits per heavy atom. The number of carbonyl (C=O) groups is 1. The zero-order valence-corrected chi connectivity index (χ0v) is 11.8. The van der Waals surface area contributed by atoms with E-state index in [2.05, 4.69) is 5.32 Å². The summed E-state index contributed by atoms with van der Waals surface area (Å²) in [5, 5.41) is 3.30. The van der Waals surface area contributed by atoms with Crippen molar-refractivity contribution in [3.63, 3.8) is 0 Å². The molecule has 1 heterocycles. The lowest BCUT2D eigenvalue weighted by atomic mass is 9.96. The van der Waals surface area contributed by atoms with Crippen molar-refractivity contribution in [3.8, 4) is 0 Å². The second-order valence-corrected chi connectivity index (χ2v) is 5.09. The van der Waals surface area contributed by atoms with Crippen LogP contribution in [0.3, 0.4) is 0 Å². The summed E-state index contributed by atoms with van der Waals surface area (Å²) in [6, 6.07) is 19.9. The number of carbonyl (C=O) groups excluding carboxylic acids is 1. The highest BCUT2D eigenvalue weighted by Crippen LogP contribution is 2.17. The van der Waals surface area contributed by atoms with Crippen molar-refractivity contribution in [3.05, 3.63) is 82.9 Å². The molecule has 0 aliphatic carbocycles. The minimum absolute atomic E-state index is 0.140. The number of benzene rings is 2. The Morgan fingerprint density at radius 1 is 0.714 bits per heavy atom. The van der Waals surface area contributed by atoms with Gasteiger partial charge in [0.15, 0.2) is 5.78 Å². The van der Waals surface area contributed by atoms with Crippen LogP contribution in [-0.4, -0.2) is 18.9 Å². The van der Waals surface area contributed by atoms with E-state index in [0.29, 0.717) is 13.1 Å². The molecule has 0 aromatic heterocycles. The van der Waals surface area contributed by atoms with E-state index in [-0.39, 0.29) is 5.78 Å². The lowest BCUT2D eigenvalue weighted by Crippen LogP contribution is -2.32. The van der Waals surface area contributed by atoms with Crippen LogP contribution in [0.1, 0.15) is 11.1 Å². The highest BCUT2D eigenvalue weighted by Gasteiger charge is 2.19. The molecule has 2 aromatic carbocycles. The summed E-state index contributed by atoms with van der Waals surface area (Å²) in [7, 11) is 0. The van der Waals surface area contributed by atoms with Crippen molar-refractivity contribution in [2.24, 2.45) is 0 Å². The maximum absolute atomic E-state index is 12.6. The zero-order valence-electron chi connectivity index (χ0n) is 11.8. The molecule has 0 amide bonds. The third-order valence-corrected chi connectivity index (χ3v) is 3.50. The first-order valence-electron chi connectivity index (χ1n) is 7.09. The number of Topliss-reactive ketones (excluding diaryl/α,β-unsaturated/α-hetero) is 1. The predicted molar refractivity (Wildman–Crippen MR) is 86.7 cm³/mol. The molecule has 1 saturated heterocycles. The van der Waals surface area contributed by atoms with E-state index in [4.69, 9.17) is 0 Å². The molecule has 2 nitrogen and oxygen atoms in total. The molecule has 1 N–H and O–H groups in total. The van der Waals surface area contributed by atoms with Gasteiger partial charge in [-0.1, -0.05) is 60.7 Å². The van der Waals surface area contributed by atoms with Crippen LogP contribution in [-0.2, 0) is 4.79 Å². The molecule has 1 aliphatic rings. The molecule has 1 aliphatic heterocycles. The average molecular weight is 275 g/mol. The van der Waals surface area contributed by atoms with E-state index in [0.717, 1.165) is 22.3 Å². The van der Waals surface area contributed by atoms with Crippen LogP contribution in [0, 0.1) is 0 Å². The van der Waals surface area contributed by atoms with Crippen molar-refractivity contribution in [2.75, 3.05) is 13.1 Å². The van der Waals surface area contributed by atoms with E-state index in [1.54, 1.807) is 0 Å². The van der Waals surface area contributed by atoms with Crippen LogP contribution < -0.4 is 5.32 Å².